The zero-order valence-corrected chi connectivity index (χ0v) is 16.6. The van der Waals surface area contributed by atoms with Gasteiger partial charge in [0.15, 0.2) is 0 Å². The molecule has 1 aliphatic rings. The van der Waals surface area contributed by atoms with E-state index < -0.39 is 5.60 Å². The summed E-state index contributed by atoms with van der Waals surface area (Å²) in [6.07, 6.45) is 5.93. The molecule has 0 aromatic heterocycles. The second-order valence-corrected chi connectivity index (χ2v) is 7.10. The van der Waals surface area contributed by atoms with Crippen molar-refractivity contribution in [1.29, 1.82) is 0 Å². The molecular weight excluding hydrogens is 328 g/mol. The van der Waals surface area contributed by atoms with E-state index in [1.807, 2.05) is 45.0 Å². The van der Waals surface area contributed by atoms with Crippen molar-refractivity contribution >= 4 is 11.6 Å². The third-order valence-electron chi connectivity index (χ3n) is 5.11. The Bertz CT molecular complexity index is 539. The predicted molar refractivity (Wildman–Crippen MR) is 106 cm³/mol. The maximum absolute atomic E-state index is 12.4. The van der Waals surface area contributed by atoms with Crippen molar-refractivity contribution in [3.8, 4) is 5.75 Å². The molecule has 1 atom stereocenters. The van der Waals surface area contributed by atoms with E-state index in [0.717, 1.165) is 18.0 Å². The lowest BCUT2D eigenvalue weighted by atomic mass is 10.0. The van der Waals surface area contributed by atoms with Gasteiger partial charge in [-0.25, -0.2) is 0 Å². The Kier molecular flexibility index (Phi) is 8.39. The maximum Gasteiger partial charge on any atom is 0.256 e. The molecule has 5 heteroatoms. The highest BCUT2D eigenvalue weighted by atomic mass is 16.5. The van der Waals surface area contributed by atoms with Crippen molar-refractivity contribution < 1.29 is 14.3 Å². The molecule has 1 unspecified atom stereocenters. The van der Waals surface area contributed by atoms with Gasteiger partial charge in [-0.15, -0.1) is 0 Å². The Morgan fingerprint density at radius 2 is 1.77 bits per heavy atom. The zero-order chi connectivity index (χ0) is 18.8. The number of carbonyl (C=O) groups excluding carboxylic acids is 1. The van der Waals surface area contributed by atoms with E-state index in [0.29, 0.717) is 19.6 Å². The van der Waals surface area contributed by atoms with Crippen molar-refractivity contribution in [3.63, 3.8) is 0 Å². The van der Waals surface area contributed by atoms with E-state index in [2.05, 4.69) is 10.2 Å². The standard InChI is InChI=1S/C21H34N2O3/c1-4-21(3,26-5-2)20(24)22-18-10-12-19(13-11-18)25-17-16-23-14-8-6-7-9-15-23/h10-13H,4-9,14-17H2,1-3H3,(H,22,24). The summed E-state index contributed by atoms with van der Waals surface area (Å²) >= 11 is 0. The van der Waals surface area contributed by atoms with Crippen LogP contribution in [0.15, 0.2) is 24.3 Å². The normalized spacial score (nSPS) is 18.0. The van der Waals surface area contributed by atoms with Gasteiger partial charge in [-0.3, -0.25) is 9.69 Å². The van der Waals surface area contributed by atoms with Crippen molar-refractivity contribution in [1.82, 2.24) is 4.90 Å². The first-order valence-corrected chi connectivity index (χ1v) is 9.98. The molecule has 0 bridgehead atoms. The Labute approximate surface area is 158 Å². The Morgan fingerprint density at radius 1 is 1.12 bits per heavy atom. The van der Waals surface area contributed by atoms with Gasteiger partial charge in [0.2, 0.25) is 0 Å². The van der Waals surface area contributed by atoms with Crippen LogP contribution in [-0.2, 0) is 9.53 Å². The average molecular weight is 363 g/mol. The lowest BCUT2D eigenvalue weighted by Gasteiger charge is -2.26. The number of amides is 1. The average Bonchev–Trinajstić information content (AvgIpc) is 2.92. The molecule has 1 N–H and O–H groups in total. The fourth-order valence-corrected chi connectivity index (χ4v) is 3.20. The summed E-state index contributed by atoms with van der Waals surface area (Å²) in [7, 11) is 0. The van der Waals surface area contributed by atoms with Gasteiger partial charge in [-0.2, -0.15) is 0 Å². The molecule has 26 heavy (non-hydrogen) atoms. The largest absolute Gasteiger partial charge is 0.492 e. The van der Waals surface area contributed by atoms with Crippen LogP contribution in [0, 0.1) is 0 Å². The SMILES string of the molecule is CCOC(C)(CC)C(=O)Nc1ccc(OCCN2CCCCCC2)cc1. The highest BCUT2D eigenvalue weighted by molar-refractivity contribution is 5.97. The molecule has 1 aromatic carbocycles. The Hall–Kier alpha value is -1.59. The van der Waals surface area contributed by atoms with E-state index in [-0.39, 0.29) is 5.91 Å². The molecular formula is C21H34N2O3. The molecule has 0 saturated carbocycles. The monoisotopic (exact) mass is 362 g/mol. The lowest BCUT2D eigenvalue weighted by molar-refractivity contribution is -0.139. The summed E-state index contributed by atoms with van der Waals surface area (Å²) in [6, 6.07) is 7.56. The van der Waals surface area contributed by atoms with Gasteiger partial charge in [0.05, 0.1) is 0 Å². The second kappa shape index (κ2) is 10.5. The van der Waals surface area contributed by atoms with Gasteiger partial charge in [0.1, 0.15) is 18.0 Å². The molecule has 1 heterocycles. The first kappa shape index (κ1) is 20.7. The molecule has 0 spiro atoms. The second-order valence-electron chi connectivity index (χ2n) is 7.10. The molecule has 0 radical (unpaired) electrons. The molecule has 146 valence electrons. The van der Waals surface area contributed by atoms with Gasteiger partial charge >= 0.3 is 0 Å². The molecule has 0 aliphatic carbocycles. The number of hydrogen-bond acceptors (Lipinski definition) is 4. The zero-order valence-electron chi connectivity index (χ0n) is 16.6. The number of anilines is 1. The van der Waals surface area contributed by atoms with Crippen LogP contribution in [0.3, 0.4) is 0 Å². The van der Waals surface area contributed by atoms with Gasteiger partial charge in [0, 0.05) is 18.8 Å². The number of likely N-dealkylation sites (tertiary alicyclic amines) is 1. The number of nitrogens with one attached hydrogen (secondary N) is 1. The minimum Gasteiger partial charge on any atom is -0.492 e. The van der Waals surface area contributed by atoms with Crippen molar-refractivity contribution in [3.05, 3.63) is 24.3 Å². The van der Waals surface area contributed by atoms with E-state index >= 15 is 0 Å². The van der Waals surface area contributed by atoms with Crippen molar-refractivity contribution in [2.75, 3.05) is 38.2 Å². The Balaban J connectivity index is 1.79. The summed E-state index contributed by atoms with van der Waals surface area (Å²) in [5.74, 6) is 0.720. The van der Waals surface area contributed by atoms with Crippen LogP contribution in [0.5, 0.6) is 5.75 Å². The number of nitrogens with zero attached hydrogens (tertiary/aromatic N) is 1. The number of hydrogen-bond donors (Lipinski definition) is 1. The minimum absolute atomic E-state index is 0.114. The van der Waals surface area contributed by atoms with Crippen LogP contribution >= 0.6 is 0 Å². The van der Waals surface area contributed by atoms with Gasteiger partial charge in [0.25, 0.3) is 5.91 Å². The maximum atomic E-state index is 12.4. The smallest absolute Gasteiger partial charge is 0.256 e. The lowest BCUT2D eigenvalue weighted by Crippen LogP contribution is -2.42. The fraction of sp³-hybridized carbons (Fsp3) is 0.667. The molecule has 1 aliphatic heterocycles. The molecule has 2 rings (SSSR count). The molecule has 5 nitrogen and oxygen atoms in total. The van der Waals surface area contributed by atoms with E-state index in [4.69, 9.17) is 9.47 Å². The summed E-state index contributed by atoms with van der Waals surface area (Å²) in [5, 5.41) is 2.93. The third kappa shape index (κ3) is 6.29. The van der Waals surface area contributed by atoms with Crippen LogP contribution in [0.1, 0.15) is 52.9 Å². The van der Waals surface area contributed by atoms with Crippen LogP contribution in [0.25, 0.3) is 0 Å². The summed E-state index contributed by atoms with van der Waals surface area (Å²) in [5.41, 5.74) is -0.0360. The molecule has 1 amide bonds. The van der Waals surface area contributed by atoms with Crippen molar-refractivity contribution in [2.24, 2.45) is 0 Å². The van der Waals surface area contributed by atoms with E-state index in [9.17, 15) is 4.79 Å². The number of rotatable bonds is 9. The van der Waals surface area contributed by atoms with Crippen LogP contribution < -0.4 is 10.1 Å². The van der Waals surface area contributed by atoms with E-state index in [1.54, 1.807) is 0 Å². The third-order valence-corrected chi connectivity index (χ3v) is 5.11. The van der Waals surface area contributed by atoms with Crippen LogP contribution in [0.2, 0.25) is 0 Å². The first-order valence-electron chi connectivity index (χ1n) is 9.98. The number of carbonyl (C=O) groups is 1. The highest BCUT2D eigenvalue weighted by Gasteiger charge is 2.31. The highest BCUT2D eigenvalue weighted by Crippen LogP contribution is 2.21. The quantitative estimate of drug-likeness (QED) is 0.719. The van der Waals surface area contributed by atoms with Gasteiger partial charge < -0.3 is 14.8 Å². The van der Waals surface area contributed by atoms with Gasteiger partial charge in [-0.1, -0.05) is 19.8 Å². The Morgan fingerprint density at radius 3 is 2.35 bits per heavy atom. The minimum atomic E-state index is -0.795. The first-order chi connectivity index (χ1) is 12.6. The molecule has 1 aromatic rings. The van der Waals surface area contributed by atoms with Crippen molar-refractivity contribution in [2.45, 2.75) is 58.5 Å². The van der Waals surface area contributed by atoms with E-state index in [1.165, 1.54) is 38.8 Å². The topological polar surface area (TPSA) is 50.8 Å². The van der Waals surface area contributed by atoms with Crippen LogP contribution in [-0.4, -0.2) is 49.3 Å². The summed E-state index contributed by atoms with van der Waals surface area (Å²) in [6.45, 7) is 10.2. The predicted octanol–water partition coefficient (Wildman–Crippen LogP) is 4.09. The van der Waals surface area contributed by atoms with Crippen LogP contribution in [0.4, 0.5) is 5.69 Å². The number of ether oxygens (including phenoxy) is 2. The summed E-state index contributed by atoms with van der Waals surface area (Å²) < 4.78 is 11.5. The fourth-order valence-electron chi connectivity index (χ4n) is 3.20. The van der Waals surface area contributed by atoms with Gasteiger partial charge in [-0.05, 0) is 70.5 Å². The molecule has 1 saturated heterocycles. The number of benzene rings is 1. The summed E-state index contributed by atoms with van der Waals surface area (Å²) in [4.78, 5) is 14.9. The molecule has 1 fully saturated rings.